The first-order chi connectivity index (χ1) is 9.70. The highest BCUT2D eigenvalue weighted by atomic mass is 35.5. The summed E-state index contributed by atoms with van der Waals surface area (Å²) < 4.78 is 1.33. The summed E-state index contributed by atoms with van der Waals surface area (Å²) in [6.45, 7) is 2.05. The van der Waals surface area contributed by atoms with E-state index in [1.807, 2.05) is 20.0 Å². The second-order valence-corrected chi connectivity index (χ2v) is 6.24. The molecule has 20 heavy (non-hydrogen) atoms. The lowest BCUT2D eigenvalue weighted by molar-refractivity contribution is 0.698. The van der Waals surface area contributed by atoms with Gasteiger partial charge in [0, 0.05) is 9.72 Å². The Hall–Kier alpha value is -1.35. The summed E-state index contributed by atoms with van der Waals surface area (Å²) in [5.74, 6) is 0. The standard InChI is InChI=1S/C17H16ClNS/c1-11-9-12(7-8-15(11)18)17(19-2)14-10-20-16-6-4-3-5-13(14)16/h3-10,17,19H,1-2H3. The SMILES string of the molecule is CNC(c1ccc(Cl)c(C)c1)c1csc2ccccc12. The molecule has 1 unspecified atom stereocenters. The predicted molar refractivity (Wildman–Crippen MR) is 88.9 cm³/mol. The molecule has 1 aromatic heterocycles. The molecule has 3 aromatic rings. The number of nitrogens with one attached hydrogen (secondary N) is 1. The van der Waals surface area contributed by atoms with Crippen LogP contribution in [0.4, 0.5) is 0 Å². The van der Waals surface area contributed by atoms with Crippen molar-refractivity contribution >= 4 is 33.0 Å². The molecule has 0 spiro atoms. The Morgan fingerprint density at radius 2 is 1.95 bits per heavy atom. The van der Waals surface area contributed by atoms with Crippen LogP contribution in [0.15, 0.2) is 47.8 Å². The molecule has 0 saturated heterocycles. The molecule has 0 fully saturated rings. The second kappa shape index (κ2) is 5.57. The van der Waals surface area contributed by atoms with Crippen LogP contribution in [-0.4, -0.2) is 7.05 Å². The molecule has 3 heteroatoms. The largest absolute Gasteiger partial charge is 0.309 e. The van der Waals surface area contributed by atoms with Crippen molar-refractivity contribution < 1.29 is 0 Å². The summed E-state index contributed by atoms with van der Waals surface area (Å²) in [5, 5.41) is 7.81. The van der Waals surface area contributed by atoms with E-state index < -0.39 is 0 Å². The Balaban J connectivity index is 2.11. The fourth-order valence-electron chi connectivity index (χ4n) is 2.57. The average molecular weight is 302 g/mol. The summed E-state index contributed by atoms with van der Waals surface area (Å²) in [6.07, 6.45) is 0. The number of halogens is 1. The van der Waals surface area contributed by atoms with E-state index in [1.165, 1.54) is 21.2 Å². The molecule has 0 radical (unpaired) electrons. The van der Waals surface area contributed by atoms with Gasteiger partial charge in [-0.15, -0.1) is 11.3 Å². The van der Waals surface area contributed by atoms with E-state index >= 15 is 0 Å². The number of rotatable bonds is 3. The van der Waals surface area contributed by atoms with Crippen LogP contribution in [-0.2, 0) is 0 Å². The normalized spacial score (nSPS) is 12.8. The molecule has 1 heterocycles. The van der Waals surface area contributed by atoms with Gasteiger partial charge in [-0.05, 0) is 53.6 Å². The van der Waals surface area contributed by atoms with Crippen LogP contribution in [0, 0.1) is 6.92 Å². The van der Waals surface area contributed by atoms with Crippen LogP contribution in [0.25, 0.3) is 10.1 Å². The van der Waals surface area contributed by atoms with Gasteiger partial charge in [0.05, 0.1) is 6.04 Å². The second-order valence-electron chi connectivity index (χ2n) is 4.92. The molecule has 3 rings (SSSR count). The number of aryl methyl sites for hydroxylation is 1. The van der Waals surface area contributed by atoms with Crippen molar-refractivity contribution in [3.05, 3.63) is 69.6 Å². The maximum Gasteiger partial charge on any atom is 0.0588 e. The van der Waals surface area contributed by atoms with Gasteiger partial charge in [-0.1, -0.05) is 41.9 Å². The van der Waals surface area contributed by atoms with Gasteiger partial charge >= 0.3 is 0 Å². The smallest absolute Gasteiger partial charge is 0.0588 e. The highest BCUT2D eigenvalue weighted by Gasteiger charge is 2.16. The van der Waals surface area contributed by atoms with Crippen LogP contribution in [0.5, 0.6) is 0 Å². The maximum absolute atomic E-state index is 6.13. The van der Waals surface area contributed by atoms with Gasteiger partial charge in [0.25, 0.3) is 0 Å². The van der Waals surface area contributed by atoms with Gasteiger partial charge < -0.3 is 5.32 Å². The third kappa shape index (κ3) is 2.35. The number of benzene rings is 2. The lowest BCUT2D eigenvalue weighted by Crippen LogP contribution is -2.17. The monoisotopic (exact) mass is 301 g/mol. The fraction of sp³-hybridized carbons (Fsp3) is 0.176. The molecule has 0 bridgehead atoms. The van der Waals surface area contributed by atoms with E-state index in [2.05, 4.69) is 47.1 Å². The number of hydrogen-bond donors (Lipinski definition) is 1. The van der Waals surface area contributed by atoms with Crippen LogP contribution in [0.1, 0.15) is 22.7 Å². The zero-order valence-electron chi connectivity index (χ0n) is 11.5. The zero-order chi connectivity index (χ0) is 14.1. The summed E-state index contributed by atoms with van der Waals surface area (Å²) in [7, 11) is 2.00. The molecule has 1 atom stereocenters. The van der Waals surface area contributed by atoms with Crippen molar-refractivity contribution in [1.29, 1.82) is 0 Å². The maximum atomic E-state index is 6.13. The molecule has 2 aromatic carbocycles. The quantitative estimate of drug-likeness (QED) is 0.703. The van der Waals surface area contributed by atoms with Crippen LogP contribution >= 0.6 is 22.9 Å². The van der Waals surface area contributed by atoms with E-state index in [0.717, 1.165) is 10.6 Å². The molecule has 102 valence electrons. The first-order valence-corrected chi connectivity index (χ1v) is 7.86. The minimum Gasteiger partial charge on any atom is -0.309 e. The Morgan fingerprint density at radius 3 is 2.70 bits per heavy atom. The first kappa shape index (κ1) is 13.6. The Morgan fingerprint density at radius 1 is 1.15 bits per heavy atom. The Labute approximate surface area is 128 Å². The van der Waals surface area contributed by atoms with Crippen LogP contribution in [0.2, 0.25) is 5.02 Å². The molecular weight excluding hydrogens is 286 g/mol. The van der Waals surface area contributed by atoms with E-state index in [-0.39, 0.29) is 6.04 Å². The van der Waals surface area contributed by atoms with Gasteiger partial charge in [-0.3, -0.25) is 0 Å². The van der Waals surface area contributed by atoms with E-state index in [9.17, 15) is 0 Å². The third-order valence-electron chi connectivity index (χ3n) is 3.63. The summed E-state index contributed by atoms with van der Waals surface area (Å²) >= 11 is 7.92. The average Bonchev–Trinajstić information content (AvgIpc) is 2.88. The highest BCUT2D eigenvalue weighted by molar-refractivity contribution is 7.17. The first-order valence-electron chi connectivity index (χ1n) is 6.60. The van der Waals surface area contributed by atoms with Crippen LogP contribution in [0.3, 0.4) is 0 Å². The van der Waals surface area contributed by atoms with Gasteiger partial charge in [-0.2, -0.15) is 0 Å². The predicted octanol–water partition coefficient (Wildman–Crippen LogP) is 5.17. The van der Waals surface area contributed by atoms with Gasteiger partial charge in [-0.25, -0.2) is 0 Å². The number of thiophene rings is 1. The topological polar surface area (TPSA) is 12.0 Å². The van der Waals surface area contributed by atoms with Crippen molar-refractivity contribution in [2.24, 2.45) is 0 Å². The lowest BCUT2D eigenvalue weighted by Gasteiger charge is -2.17. The molecule has 1 nitrogen and oxygen atoms in total. The molecule has 0 aliphatic carbocycles. The summed E-state index contributed by atoms with van der Waals surface area (Å²) in [6, 6.07) is 15.0. The minimum absolute atomic E-state index is 0.196. The summed E-state index contributed by atoms with van der Waals surface area (Å²) in [5.41, 5.74) is 3.69. The van der Waals surface area contributed by atoms with Crippen molar-refractivity contribution in [3.63, 3.8) is 0 Å². The minimum atomic E-state index is 0.196. The lowest BCUT2D eigenvalue weighted by atomic mass is 9.97. The third-order valence-corrected chi connectivity index (χ3v) is 5.03. The van der Waals surface area contributed by atoms with Crippen molar-refractivity contribution in [2.75, 3.05) is 7.05 Å². The zero-order valence-corrected chi connectivity index (χ0v) is 13.1. The number of fused-ring (bicyclic) bond motifs is 1. The van der Waals surface area contributed by atoms with Crippen molar-refractivity contribution in [2.45, 2.75) is 13.0 Å². The molecule has 0 saturated carbocycles. The van der Waals surface area contributed by atoms with Crippen molar-refractivity contribution in [3.8, 4) is 0 Å². The number of hydrogen-bond acceptors (Lipinski definition) is 2. The summed E-state index contributed by atoms with van der Waals surface area (Å²) in [4.78, 5) is 0. The molecule has 0 aliphatic heterocycles. The van der Waals surface area contributed by atoms with Gasteiger partial charge in [0.15, 0.2) is 0 Å². The van der Waals surface area contributed by atoms with Crippen LogP contribution < -0.4 is 5.32 Å². The molecule has 0 aliphatic rings. The highest BCUT2D eigenvalue weighted by Crippen LogP contribution is 2.34. The molecule has 0 amide bonds. The Kier molecular flexibility index (Phi) is 3.79. The molecular formula is C17H16ClNS. The van der Waals surface area contributed by atoms with E-state index in [0.29, 0.717) is 0 Å². The van der Waals surface area contributed by atoms with Crippen molar-refractivity contribution in [1.82, 2.24) is 5.32 Å². The fourth-order valence-corrected chi connectivity index (χ4v) is 3.68. The van der Waals surface area contributed by atoms with E-state index in [1.54, 1.807) is 11.3 Å². The Bertz CT molecular complexity index is 748. The van der Waals surface area contributed by atoms with Gasteiger partial charge in [0.2, 0.25) is 0 Å². The molecule has 1 N–H and O–H groups in total. The van der Waals surface area contributed by atoms with E-state index in [4.69, 9.17) is 11.6 Å². The van der Waals surface area contributed by atoms with Gasteiger partial charge in [0.1, 0.15) is 0 Å².